The van der Waals surface area contributed by atoms with Gasteiger partial charge in [-0.15, -0.1) is 0 Å². The Morgan fingerprint density at radius 2 is 2.20 bits per heavy atom. The first-order valence-corrected chi connectivity index (χ1v) is 7.14. The van der Waals surface area contributed by atoms with Crippen molar-refractivity contribution in [3.63, 3.8) is 0 Å². The fourth-order valence-corrected chi connectivity index (χ4v) is 2.47. The van der Waals surface area contributed by atoms with Gasteiger partial charge in [-0.05, 0) is 19.1 Å². The minimum atomic E-state index is -3.85. The van der Waals surface area contributed by atoms with Gasteiger partial charge in [0.2, 0.25) is 0 Å². The van der Waals surface area contributed by atoms with E-state index in [4.69, 9.17) is 5.11 Å². The lowest BCUT2D eigenvalue weighted by molar-refractivity contribution is 0.0690. The van der Waals surface area contributed by atoms with E-state index in [1.807, 2.05) is 6.92 Å². The van der Waals surface area contributed by atoms with E-state index in [0.29, 0.717) is 6.54 Å². The standard InChI is InChI=1S/C11H12N4O4S/c1-2-15-6-10(13-7-15)20(18,19)14-8-3-4-12-9(5-8)11(16)17/h3-7H,2H2,1H3,(H,12,14)(H,16,17). The summed E-state index contributed by atoms with van der Waals surface area (Å²) in [6.45, 7) is 2.45. The lowest BCUT2D eigenvalue weighted by Crippen LogP contribution is -2.14. The lowest BCUT2D eigenvalue weighted by Gasteiger charge is -2.05. The largest absolute Gasteiger partial charge is 0.477 e. The smallest absolute Gasteiger partial charge is 0.354 e. The van der Waals surface area contributed by atoms with Crippen molar-refractivity contribution in [2.75, 3.05) is 4.72 Å². The number of aromatic carboxylic acids is 1. The van der Waals surface area contributed by atoms with Crippen molar-refractivity contribution in [1.29, 1.82) is 0 Å². The predicted molar refractivity (Wildman–Crippen MR) is 69.9 cm³/mol. The third kappa shape index (κ3) is 2.94. The number of carbonyl (C=O) groups is 1. The number of nitrogens with zero attached hydrogens (tertiary/aromatic N) is 3. The third-order valence-electron chi connectivity index (χ3n) is 2.48. The molecule has 0 saturated carbocycles. The number of aromatic nitrogens is 3. The Morgan fingerprint density at radius 1 is 1.45 bits per heavy atom. The molecule has 2 aromatic heterocycles. The maximum Gasteiger partial charge on any atom is 0.354 e. The Hall–Kier alpha value is -2.42. The Bertz CT molecular complexity index is 738. The molecule has 0 saturated heterocycles. The van der Waals surface area contributed by atoms with Crippen LogP contribution in [-0.2, 0) is 16.6 Å². The van der Waals surface area contributed by atoms with Crippen molar-refractivity contribution < 1.29 is 18.3 Å². The molecule has 2 aromatic rings. The molecular formula is C11H12N4O4S. The van der Waals surface area contributed by atoms with Crippen molar-refractivity contribution in [2.45, 2.75) is 18.5 Å². The van der Waals surface area contributed by atoms with Gasteiger partial charge >= 0.3 is 5.97 Å². The zero-order valence-electron chi connectivity index (χ0n) is 10.5. The summed E-state index contributed by atoms with van der Waals surface area (Å²) >= 11 is 0. The first-order chi connectivity index (χ1) is 9.42. The highest BCUT2D eigenvalue weighted by atomic mass is 32.2. The Balaban J connectivity index is 2.28. The zero-order valence-corrected chi connectivity index (χ0v) is 11.3. The topological polar surface area (TPSA) is 114 Å². The van der Waals surface area contributed by atoms with Crippen molar-refractivity contribution in [3.05, 3.63) is 36.5 Å². The van der Waals surface area contributed by atoms with Crippen LogP contribution < -0.4 is 4.72 Å². The molecule has 0 aromatic carbocycles. The highest BCUT2D eigenvalue weighted by Crippen LogP contribution is 2.14. The Morgan fingerprint density at radius 3 is 2.80 bits per heavy atom. The van der Waals surface area contributed by atoms with Crippen LogP contribution in [-0.4, -0.2) is 34.0 Å². The first kappa shape index (κ1) is 14.0. The number of nitrogens with one attached hydrogen (secondary N) is 1. The Kier molecular flexibility index (Phi) is 3.70. The molecular weight excluding hydrogens is 284 g/mol. The number of hydrogen-bond acceptors (Lipinski definition) is 5. The van der Waals surface area contributed by atoms with E-state index in [1.165, 1.54) is 24.8 Å². The summed E-state index contributed by atoms with van der Waals surface area (Å²) in [6.07, 6.45) is 4.01. The molecule has 2 N–H and O–H groups in total. The molecule has 0 aliphatic rings. The molecule has 0 atom stereocenters. The number of carboxylic acid groups (broad SMARTS) is 1. The van der Waals surface area contributed by atoms with E-state index in [9.17, 15) is 13.2 Å². The normalized spacial score (nSPS) is 11.2. The van der Waals surface area contributed by atoms with E-state index in [1.54, 1.807) is 4.57 Å². The van der Waals surface area contributed by atoms with Crippen LogP contribution in [0.2, 0.25) is 0 Å². The van der Waals surface area contributed by atoms with Crippen LogP contribution in [0.4, 0.5) is 5.69 Å². The maximum absolute atomic E-state index is 12.1. The Labute approximate surface area is 115 Å². The third-order valence-corrected chi connectivity index (χ3v) is 3.75. The van der Waals surface area contributed by atoms with E-state index >= 15 is 0 Å². The second-order valence-electron chi connectivity index (χ2n) is 3.88. The van der Waals surface area contributed by atoms with Gasteiger partial charge in [0, 0.05) is 18.9 Å². The minimum absolute atomic E-state index is 0.114. The summed E-state index contributed by atoms with van der Waals surface area (Å²) in [5.41, 5.74) is -0.132. The summed E-state index contributed by atoms with van der Waals surface area (Å²) < 4.78 is 28.0. The molecule has 0 fully saturated rings. The molecule has 106 valence electrons. The number of rotatable bonds is 5. The van der Waals surface area contributed by atoms with Crippen molar-refractivity contribution in [2.24, 2.45) is 0 Å². The fourth-order valence-electron chi connectivity index (χ4n) is 1.47. The molecule has 0 aliphatic carbocycles. The van der Waals surface area contributed by atoms with E-state index in [-0.39, 0.29) is 16.4 Å². The number of imidazole rings is 1. The number of sulfonamides is 1. The van der Waals surface area contributed by atoms with Crippen LogP contribution in [0.25, 0.3) is 0 Å². The summed E-state index contributed by atoms with van der Waals surface area (Å²) in [4.78, 5) is 18.2. The maximum atomic E-state index is 12.1. The molecule has 8 nitrogen and oxygen atoms in total. The van der Waals surface area contributed by atoms with E-state index in [0.717, 1.165) is 6.07 Å². The van der Waals surface area contributed by atoms with Crippen LogP contribution in [0.5, 0.6) is 0 Å². The van der Waals surface area contributed by atoms with Crippen molar-refractivity contribution in [3.8, 4) is 0 Å². The molecule has 2 rings (SSSR count). The van der Waals surface area contributed by atoms with Crippen molar-refractivity contribution >= 4 is 21.7 Å². The number of hydrogen-bond donors (Lipinski definition) is 2. The molecule has 0 amide bonds. The lowest BCUT2D eigenvalue weighted by atomic mass is 10.3. The fraction of sp³-hybridized carbons (Fsp3) is 0.182. The van der Waals surface area contributed by atoms with Crippen LogP contribution in [0.15, 0.2) is 35.9 Å². The van der Waals surface area contributed by atoms with Crippen LogP contribution in [0.3, 0.4) is 0 Å². The molecule has 0 radical (unpaired) electrons. The highest BCUT2D eigenvalue weighted by Gasteiger charge is 2.18. The van der Waals surface area contributed by atoms with Gasteiger partial charge in [0.1, 0.15) is 5.69 Å². The average molecular weight is 296 g/mol. The summed E-state index contributed by atoms with van der Waals surface area (Å²) in [5, 5.41) is 8.67. The average Bonchev–Trinajstić information content (AvgIpc) is 2.88. The molecule has 0 aliphatic heterocycles. The summed E-state index contributed by atoms with van der Waals surface area (Å²) in [5.74, 6) is -1.23. The molecule has 2 heterocycles. The molecule has 0 unspecified atom stereocenters. The molecule has 20 heavy (non-hydrogen) atoms. The molecule has 0 spiro atoms. The van der Waals surface area contributed by atoms with Crippen LogP contribution in [0, 0.1) is 0 Å². The summed E-state index contributed by atoms with van der Waals surface area (Å²) in [6, 6.07) is 2.50. The van der Waals surface area contributed by atoms with E-state index < -0.39 is 16.0 Å². The quantitative estimate of drug-likeness (QED) is 0.843. The zero-order chi connectivity index (χ0) is 14.8. The second-order valence-corrected chi connectivity index (χ2v) is 5.51. The van der Waals surface area contributed by atoms with Gasteiger partial charge in [-0.3, -0.25) is 4.72 Å². The van der Waals surface area contributed by atoms with Gasteiger partial charge in [0.15, 0.2) is 5.03 Å². The SMILES string of the molecule is CCn1cnc(S(=O)(=O)Nc2ccnc(C(=O)O)c2)c1. The molecule has 0 bridgehead atoms. The van der Waals surface area contributed by atoms with Crippen molar-refractivity contribution in [1.82, 2.24) is 14.5 Å². The number of aryl methyl sites for hydroxylation is 1. The number of pyridine rings is 1. The van der Waals surface area contributed by atoms with Gasteiger partial charge in [-0.2, -0.15) is 8.42 Å². The van der Waals surface area contributed by atoms with Gasteiger partial charge in [-0.1, -0.05) is 0 Å². The minimum Gasteiger partial charge on any atom is -0.477 e. The van der Waals surface area contributed by atoms with Crippen LogP contribution in [0.1, 0.15) is 17.4 Å². The van der Waals surface area contributed by atoms with Gasteiger partial charge in [0.25, 0.3) is 10.0 Å². The number of anilines is 1. The second kappa shape index (κ2) is 5.29. The highest BCUT2D eigenvalue weighted by molar-refractivity contribution is 7.92. The van der Waals surface area contributed by atoms with Gasteiger partial charge < -0.3 is 9.67 Å². The molecule has 9 heteroatoms. The first-order valence-electron chi connectivity index (χ1n) is 5.66. The van der Waals surface area contributed by atoms with E-state index in [2.05, 4.69) is 14.7 Å². The predicted octanol–water partition coefficient (Wildman–Crippen LogP) is 0.797. The van der Waals surface area contributed by atoms with Gasteiger partial charge in [0.05, 0.1) is 12.0 Å². The summed E-state index contributed by atoms with van der Waals surface area (Å²) in [7, 11) is -3.85. The monoisotopic (exact) mass is 296 g/mol. The number of carboxylic acids is 1. The van der Waals surface area contributed by atoms with Gasteiger partial charge in [-0.25, -0.2) is 14.8 Å². The van der Waals surface area contributed by atoms with Crippen LogP contribution >= 0.6 is 0 Å².